The van der Waals surface area contributed by atoms with Crippen molar-refractivity contribution >= 4 is 23.2 Å². The van der Waals surface area contributed by atoms with Crippen molar-refractivity contribution in [1.82, 2.24) is 10.6 Å². The lowest BCUT2D eigenvalue weighted by Crippen LogP contribution is -2.39. The van der Waals surface area contributed by atoms with Crippen LogP contribution in [0.15, 0.2) is 0 Å². The molecule has 1 amide bonds. The Balaban J connectivity index is 3.32. The van der Waals surface area contributed by atoms with E-state index in [9.17, 15) is 4.79 Å². The maximum atomic E-state index is 10.4. The van der Waals surface area contributed by atoms with Gasteiger partial charge in [0.05, 0.1) is 0 Å². The molecule has 0 saturated carbocycles. The topological polar surface area (TPSA) is 67.2 Å². The van der Waals surface area contributed by atoms with E-state index in [4.69, 9.17) is 18.0 Å². The summed E-state index contributed by atoms with van der Waals surface area (Å²) in [6.45, 7) is 4.70. The maximum Gasteiger partial charge on any atom is 0.217 e. The van der Waals surface area contributed by atoms with Crippen LogP contribution in [0.3, 0.4) is 0 Å². The van der Waals surface area contributed by atoms with Gasteiger partial charge in [0, 0.05) is 19.0 Å². The lowest BCUT2D eigenvalue weighted by Gasteiger charge is -2.12. The fraction of sp³-hybridized carbons (Fsp3) is 0.750. The van der Waals surface area contributed by atoms with E-state index in [1.54, 1.807) is 0 Å². The second-order valence-corrected chi connectivity index (χ2v) is 3.53. The predicted molar refractivity (Wildman–Crippen MR) is 57.3 cm³/mol. The van der Waals surface area contributed by atoms with Crippen LogP contribution < -0.4 is 16.4 Å². The van der Waals surface area contributed by atoms with Crippen LogP contribution in [0.1, 0.15) is 26.7 Å². The molecule has 0 atom stereocenters. The van der Waals surface area contributed by atoms with E-state index in [2.05, 4.69) is 10.6 Å². The number of carbonyl (C=O) groups excluding carboxylic acids is 1. The normalized spacial score (nSPS) is 9.77. The molecule has 0 unspecified atom stereocenters. The number of primary amides is 1. The number of carbonyl (C=O) groups is 1. The fourth-order valence-corrected chi connectivity index (χ4v) is 1.12. The third-order valence-corrected chi connectivity index (χ3v) is 1.57. The van der Waals surface area contributed by atoms with Crippen molar-refractivity contribution < 1.29 is 4.79 Å². The third-order valence-electron chi connectivity index (χ3n) is 1.31. The highest BCUT2D eigenvalue weighted by Crippen LogP contribution is 1.84. The number of hydrogen-bond donors (Lipinski definition) is 3. The Morgan fingerprint density at radius 3 is 2.62 bits per heavy atom. The minimum Gasteiger partial charge on any atom is -0.370 e. The highest BCUT2D eigenvalue weighted by Gasteiger charge is 1.98. The van der Waals surface area contributed by atoms with Crippen LogP contribution in [-0.2, 0) is 4.79 Å². The van der Waals surface area contributed by atoms with Gasteiger partial charge in [0.1, 0.15) is 0 Å². The van der Waals surface area contributed by atoms with Gasteiger partial charge < -0.3 is 16.4 Å². The van der Waals surface area contributed by atoms with Crippen LogP contribution in [-0.4, -0.2) is 23.6 Å². The Kier molecular flexibility index (Phi) is 6.22. The summed E-state index contributed by atoms with van der Waals surface area (Å²) < 4.78 is 0. The fourth-order valence-electron chi connectivity index (χ4n) is 0.778. The summed E-state index contributed by atoms with van der Waals surface area (Å²) in [4.78, 5) is 10.4. The molecule has 0 heterocycles. The van der Waals surface area contributed by atoms with Crippen LogP contribution >= 0.6 is 12.2 Å². The van der Waals surface area contributed by atoms with Crippen LogP contribution in [0, 0.1) is 0 Å². The standard InChI is InChI=1S/C8H17N3OS/c1-6(2)11-8(13)10-5-3-4-7(9)12/h6H,3-5H2,1-2H3,(H2,9,12)(H2,10,11,13). The first-order chi connectivity index (χ1) is 6.02. The van der Waals surface area contributed by atoms with Crippen LogP contribution in [0.2, 0.25) is 0 Å². The zero-order valence-corrected chi connectivity index (χ0v) is 8.91. The van der Waals surface area contributed by atoms with Crippen molar-refractivity contribution in [2.75, 3.05) is 6.54 Å². The molecule has 0 aromatic heterocycles. The molecule has 0 radical (unpaired) electrons. The molecule has 0 aliphatic heterocycles. The van der Waals surface area contributed by atoms with E-state index < -0.39 is 0 Å². The van der Waals surface area contributed by atoms with E-state index in [1.807, 2.05) is 13.8 Å². The summed E-state index contributed by atoms with van der Waals surface area (Å²) in [6.07, 6.45) is 1.12. The van der Waals surface area contributed by atoms with E-state index in [-0.39, 0.29) is 5.91 Å². The van der Waals surface area contributed by atoms with Gasteiger partial charge in [0.25, 0.3) is 0 Å². The summed E-state index contributed by atoms with van der Waals surface area (Å²) >= 11 is 4.97. The number of hydrogen-bond acceptors (Lipinski definition) is 2. The molecular formula is C8H17N3OS. The SMILES string of the molecule is CC(C)NC(=S)NCCCC(N)=O. The molecule has 76 valence electrons. The number of nitrogens with two attached hydrogens (primary N) is 1. The summed E-state index contributed by atoms with van der Waals surface area (Å²) in [5.74, 6) is -0.274. The van der Waals surface area contributed by atoms with Crippen LogP contribution in [0.4, 0.5) is 0 Å². The molecule has 0 spiro atoms. The number of nitrogens with one attached hydrogen (secondary N) is 2. The van der Waals surface area contributed by atoms with E-state index >= 15 is 0 Å². The number of thiocarbonyl (C=S) groups is 1. The molecule has 0 fully saturated rings. The van der Waals surface area contributed by atoms with Gasteiger partial charge in [-0.15, -0.1) is 0 Å². The molecule has 0 saturated heterocycles. The molecule has 0 aliphatic rings. The van der Waals surface area contributed by atoms with Gasteiger partial charge in [-0.05, 0) is 32.5 Å². The van der Waals surface area contributed by atoms with Gasteiger partial charge in [-0.2, -0.15) is 0 Å². The molecule has 4 N–H and O–H groups in total. The summed E-state index contributed by atoms with van der Waals surface area (Å²) in [5.41, 5.74) is 4.97. The average molecular weight is 203 g/mol. The molecule has 0 rings (SSSR count). The molecule has 0 aromatic rings. The molecule has 13 heavy (non-hydrogen) atoms. The maximum absolute atomic E-state index is 10.4. The smallest absolute Gasteiger partial charge is 0.217 e. The van der Waals surface area contributed by atoms with E-state index in [1.165, 1.54) is 0 Å². The Morgan fingerprint density at radius 1 is 1.54 bits per heavy atom. The van der Waals surface area contributed by atoms with Gasteiger partial charge in [0.15, 0.2) is 5.11 Å². The van der Waals surface area contributed by atoms with Crippen molar-refractivity contribution in [1.29, 1.82) is 0 Å². The molecule has 0 aliphatic carbocycles. The van der Waals surface area contributed by atoms with Crippen molar-refractivity contribution in [3.8, 4) is 0 Å². The number of amides is 1. The first-order valence-electron chi connectivity index (χ1n) is 4.35. The van der Waals surface area contributed by atoms with Gasteiger partial charge >= 0.3 is 0 Å². The molecule has 0 bridgehead atoms. The Hall–Kier alpha value is -0.840. The first-order valence-corrected chi connectivity index (χ1v) is 4.76. The predicted octanol–water partition coefficient (Wildman–Crippen LogP) is 0.124. The van der Waals surface area contributed by atoms with Crippen molar-refractivity contribution in [3.05, 3.63) is 0 Å². The minimum atomic E-state index is -0.274. The lowest BCUT2D eigenvalue weighted by molar-refractivity contribution is -0.118. The van der Waals surface area contributed by atoms with Gasteiger partial charge in [-0.25, -0.2) is 0 Å². The second kappa shape index (κ2) is 6.65. The van der Waals surface area contributed by atoms with Crippen molar-refractivity contribution in [2.24, 2.45) is 5.73 Å². The van der Waals surface area contributed by atoms with Gasteiger partial charge in [-0.3, -0.25) is 4.79 Å². The monoisotopic (exact) mass is 203 g/mol. The van der Waals surface area contributed by atoms with Crippen LogP contribution in [0.25, 0.3) is 0 Å². The lowest BCUT2D eigenvalue weighted by atomic mass is 10.3. The third kappa shape index (κ3) is 9.07. The van der Waals surface area contributed by atoms with Crippen LogP contribution in [0.5, 0.6) is 0 Å². The Bertz CT molecular complexity index is 182. The zero-order chi connectivity index (χ0) is 10.3. The second-order valence-electron chi connectivity index (χ2n) is 3.12. The first kappa shape index (κ1) is 12.2. The zero-order valence-electron chi connectivity index (χ0n) is 8.09. The minimum absolute atomic E-state index is 0.274. The summed E-state index contributed by atoms with van der Waals surface area (Å²) in [7, 11) is 0. The molecule has 5 heteroatoms. The van der Waals surface area contributed by atoms with Crippen molar-refractivity contribution in [3.63, 3.8) is 0 Å². The van der Waals surface area contributed by atoms with E-state index in [0.29, 0.717) is 24.1 Å². The average Bonchev–Trinajstić information content (AvgIpc) is 1.96. The molecular weight excluding hydrogens is 186 g/mol. The summed E-state index contributed by atoms with van der Waals surface area (Å²) in [5, 5.41) is 6.64. The van der Waals surface area contributed by atoms with Gasteiger partial charge in [0.2, 0.25) is 5.91 Å². The van der Waals surface area contributed by atoms with Crippen molar-refractivity contribution in [2.45, 2.75) is 32.7 Å². The highest BCUT2D eigenvalue weighted by atomic mass is 32.1. The van der Waals surface area contributed by atoms with Gasteiger partial charge in [-0.1, -0.05) is 0 Å². The quantitative estimate of drug-likeness (QED) is 0.439. The number of rotatable bonds is 5. The highest BCUT2D eigenvalue weighted by molar-refractivity contribution is 7.80. The largest absolute Gasteiger partial charge is 0.370 e. The molecule has 0 aromatic carbocycles. The van der Waals surface area contributed by atoms with E-state index in [0.717, 1.165) is 6.42 Å². The Labute approximate surface area is 84.3 Å². The summed E-state index contributed by atoms with van der Waals surface area (Å²) in [6, 6.07) is 0.330. The molecule has 4 nitrogen and oxygen atoms in total. The Morgan fingerprint density at radius 2 is 2.15 bits per heavy atom.